The zero-order valence-corrected chi connectivity index (χ0v) is 21.1. The fourth-order valence-corrected chi connectivity index (χ4v) is 3.95. The van der Waals surface area contributed by atoms with Crippen molar-refractivity contribution in [2.24, 2.45) is 0 Å². The molecule has 1 N–H and O–H groups in total. The molecule has 3 rings (SSSR count). The first-order valence-electron chi connectivity index (χ1n) is 12.0. The van der Waals surface area contributed by atoms with Crippen molar-refractivity contribution in [2.45, 2.75) is 45.7 Å². The minimum atomic E-state index is -0.670. The predicted octanol–water partition coefficient (Wildman–Crippen LogP) is 5.58. The Labute approximate surface area is 213 Å². The van der Waals surface area contributed by atoms with Crippen LogP contribution in [0.5, 0.6) is 5.75 Å². The highest BCUT2D eigenvalue weighted by Gasteiger charge is 2.30. The molecule has 0 saturated carbocycles. The van der Waals surface area contributed by atoms with Gasteiger partial charge in [-0.3, -0.25) is 9.59 Å². The van der Waals surface area contributed by atoms with Crippen molar-refractivity contribution in [3.05, 3.63) is 101 Å². The molecule has 0 fully saturated rings. The van der Waals surface area contributed by atoms with Crippen LogP contribution in [0.25, 0.3) is 0 Å². The van der Waals surface area contributed by atoms with E-state index in [-0.39, 0.29) is 18.4 Å². The van der Waals surface area contributed by atoms with Crippen LogP contribution in [0.2, 0.25) is 5.02 Å². The molecule has 3 aromatic carbocycles. The smallest absolute Gasteiger partial charge is 0.261 e. The van der Waals surface area contributed by atoms with Crippen LogP contribution >= 0.6 is 11.6 Å². The van der Waals surface area contributed by atoms with Gasteiger partial charge in [0, 0.05) is 24.5 Å². The number of rotatable bonds is 12. The quantitative estimate of drug-likeness (QED) is 0.335. The molecule has 35 heavy (non-hydrogen) atoms. The van der Waals surface area contributed by atoms with Crippen LogP contribution in [0.1, 0.15) is 36.5 Å². The molecule has 0 unspecified atom stereocenters. The van der Waals surface area contributed by atoms with E-state index in [1.54, 1.807) is 29.2 Å². The van der Waals surface area contributed by atoms with Crippen molar-refractivity contribution in [2.75, 3.05) is 13.2 Å². The maximum atomic E-state index is 13.5. The molecule has 1 atom stereocenters. The Hall–Kier alpha value is -3.31. The first-order chi connectivity index (χ1) is 17.0. The number of hydrogen-bond donors (Lipinski definition) is 1. The summed E-state index contributed by atoms with van der Waals surface area (Å²) in [5.74, 6) is 0.132. The van der Waals surface area contributed by atoms with Gasteiger partial charge in [-0.2, -0.15) is 0 Å². The summed E-state index contributed by atoms with van der Waals surface area (Å²) in [5, 5.41) is 3.62. The zero-order chi connectivity index (χ0) is 25.0. The number of unbranched alkanes of at least 4 members (excludes halogenated alkanes) is 1. The number of benzene rings is 3. The largest absolute Gasteiger partial charge is 0.484 e. The van der Waals surface area contributed by atoms with E-state index in [9.17, 15) is 9.59 Å². The lowest BCUT2D eigenvalue weighted by molar-refractivity contribution is -0.142. The molecule has 3 aromatic rings. The molecular weight excluding hydrogens is 460 g/mol. The Morgan fingerprint density at radius 1 is 0.971 bits per heavy atom. The number of nitrogens with zero attached hydrogens (tertiary/aromatic N) is 1. The number of carbonyl (C=O) groups is 2. The van der Waals surface area contributed by atoms with Crippen molar-refractivity contribution < 1.29 is 14.3 Å². The highest BCUT2D eigenvalue weighted by molar-refractivity contribution is 6.30. The molecule has 2 amide bonds. The van der Waals surface area contributed by atoms with Crippen LogP contribution in [0.4, 0.5) is 0 Å². The molecule has 0 saturated heterocycles. The van der Waals surface area contributed by atoms with Gasteiger partial charge in [0.15, 0.2) is 6.61 Å². The second kappa shape index (κ2) is 13.5. The fraction of sp³-hybridized carbons (Fsp3) is 0.310. The Morgan fingerprint density at radius 3 is 2.37 bits per heavy atom. The summed E-state index contributed by atoms with van der Waals surface area (Å²) < 4.78 is 5.76. The third-order valence-corrected chi connectivity index (χ3v) is 5.96. The number of aryl methyl sites for hydroxylation is 1. The van der Waals surface area contributed by atoms with Gasteiger partial charge < -0.3 is 15.0 Å². The van der Waals surface area contributed by atoms with Crippen LogP contribution < -0.4 is 10.1 Å². The lowest BCUT2D eigenvalue weighted by Gasteiger charge is -2.31. The number of carbonyl (C=O) groups excluding carboxylic acids is 2. The molecule has 5 nitrogen and oxygen atoms in total. The van der Waals surface area contributed by atoms with Crippen LogP contribution in [-0.2, 0) is 22.6 Å². The molecule has 0 aliphatic heterocycles. The maximum absolute atomic E-state index is 13.5. The normalized spacial score (nSPS) is 11.5. The average molecular weight is 493 g/mol. The molecule has 0 bridgehead atoms. The standard InChI is InChI=1S/C29H33ClN2O3/c1-3-4-17-31-29(34)27(19-23-10-6-5-7-11-23)32(20-24-12-8-9-22(2)18-24)28(33)21-35-26-15-13-25(30)14-16-26/h5-16,18,27H,3-4,17,19-21H2,1-2H3,(H,31,34)/t27-/m1/s1. The van der Waals surface area contributed by atoms with Crippen LogP contribution in [0, 0.1) is 6.92 Å². The maximum Gasteiger partial charge on any atom is 0.261 e. The van der Waals surface area contributed by atoms with Crippen LogP contribution in [0.3, 0.4) is 0 Å². The lowest BCUT2D eigenvalue weighted by atomic mass is 10.0. The average Bonchev–Trinajstić information content (AvgIpc) is 2.86. The van der Waals surface area contributed by atoms with Gasteiger partial charge in [0.2, 0.25) is 5.91 Å². The van der Waals surface area contributed by atoms with Crippen molar-refractivity contribution >= 4 is 23.4 Å². The molecular formula is C29H33ClN2O3. The van der Waals surface area contributed by atoms with E-state index < -0.39 is 6.04 Å². The SMILES string of the molecule is CCCCNC(=O)[C@@H](Cc1ccccc1)N(Cc1cccc(C)c1)C(=O)COc1ccc(Cl)cc1. The van der Waals surface area contributed by atoms with E-state index in [0.717, 1.165) is 29.5 Å². The first kappa shape index (κ1) is 26.3. The van der Waals surface area contributed by atoms with Gasteiger partial charge in [0.25, 0.3) is 5.91 Å². The van der Waals surface area contributed by atoms with Crippen molar-refractivity contribution in [1.29, 1.82) is 0 Å². The van der Waals surface area contributed by atoms with Gasteiger partial charge in [-0.25, -0.2) is 0 Å². The summed E-state index contributed by atoms with van der Waals surface area (Å²) in [4.78, 5) is 28.5. The molecule has 0 heterocycles. The highest BCUT2D eigenvalue weighted by Crippen LogP contribution is 2.18. The molecule has 0 aromatic heterocycles. The van der Waals surface area contributed by atoms with Gasteiger partial charge in [-0.15, -0.1) is 0 Å². The molecule has 0 aliphatic rings. The molecule has 0 radical (unpaired) electrons. The third-order valence-electron chi connectivity index (χ3n) is 5.71. The summed E-state index contributed by atoms with van der Waals surface area (Å²) in [6, 6.07) is 24.0. The topological polar surface area (TPSA) is 58.6 Å². The van der Waals surface area contributed by atoms with Crippen LogP contribution in [-0.4, -0.2) is 35.9 Å². The number of nitrogens with one attached hydrogen (secondary N) is 1. The zero-order valence-electron chi connectivity index (χ0n) is 20.4. The van der Waals surface area contributed by atoms with Gasteiger partial charge in [0.05, 0.1) is 0 Å². The fourth-order valence-electron chi connectivity index (χ4n) is 3.83. The van der Waals surface area contributed by atoms with E-state index in [2.05, 4.69) is 12.2 Å². The number of ether oxygens (including phenoxy) is 1. The molecule has 0 spiro atoms. The first-order valence-corrected chi connectivity index (χ1v) is 12.4. The summed E-state index contributed by atoms with van der Waals surface area (Å²) in [6.45, 7) is 4.80. The molecule has 184 valence electrons. The Balaban J connectivity index is 1.87. The number of amides is 2. The molecule has 6 heteroatoms. The van der Waals surface area contributed by atoms with E-state index in [0.29, 0.717) is 30.3 Å². The predicted molar refractivity (Wildman–Crippen MR) is 141 cm³/mol. The van der Waals surface area contributed by atoms with Crippen LogP contribution in [0.15, 0.2) is 78.9 Å². The number of hydrogen-bond acceptors (Lipinski definition) is 3. The lowest BCUT2D eigenvalue weighted by Crippen LogP contribution is -2.51. The molecule has 0 aliphatic carbocycles. The Bertz CT molecular complexity index is 1090. The summed E-state index contributed by atoms with van der Waals surface area (Å²) in [6.07, 6.45) is 2.27. The van der Waals surface area contributed by atoms with E-state index in [1.807, 2.05) is 61.5 Å². The Kier molecular flexibility index (Phi) is 10.2. The van der Waals surface area contributed by atoms with Gasteiger partial charge in [-0.1, -0.05) is 85.1 Å². The van der Waals surface area contributed by atoms with Gasteiger partial charge in [0.1, 0.15) is 11.8 Å². The monoisotopic (exact) mass is 492 g/mol. The minimum absolute atomic E-state index is 0.158. The minimum Gasteiger partial charge on any atom is -0.484 e. The summed E-state index contributed by atoms with van der Waals surface area (Å²) in [5.41, 5.74) is 3.05. The van der Waals surface area contributed by atoms with E-state index in [4.69, 9.17) is 16.3 Å². The Morgan fingerprint density at radius 2 is 1.69 bits per heavy atom. The van der Waals surface area contributed by atoms with E-state index in [1.165, 1.54) is 0 Å². The van der Waals surface area contributed by atoms with Gasteiger partial charge in [-0.05, 0) is 48.7 Å². The second-order valence-electron chi connectivity index (χ2n) is 8.60. The summed E-state index contributed by atoms with van der Waals surface area (Å²) >= 11 is 5.96. The number of halogens is 1. The van der Waals surface area contributed by atoms with Crippen molar-refractivity contribution in [1.82, 2.24) is 10.2 Å². The summed E-state index contributed by atoms with van der Waals surface area (Å²) in [7, 11) is 0. The van der Waals surface area contributed by atoms with E-state index >= 15 is 0 Å². The van der Waals surface area contributed by atoms with Crippen molar-refractivity contribution in [3.63, 3.8) is 0 Å². The van der Waals surface area contributed by atoms with Gasteiger partial charge >= 0.3 is 0 Å². The third kappa shape index (κ3) is 8.45. The highest BCUT2D eigenvalue weighted by atomic mass is 35.5. The second-order valence-corrected chi connectivity index (χ2v) is 9.04. The van der Waals surface area contributed by atoms with Crippen molar-refractivity contribution in [3.8, 4) is 5.75 Å².